The summed E-state index contributed by atoms with van der Waals surface area (Å²) in [5.41, 5.74) is 1.56. The molecule has 1 aliphatic rings. The maximum atomic E-state index is 12.6. The van der Waals surface area contributed by atoms with E-state index in [1.165, 1.54) is 11.3 Å². The fourth-order valence-corrected chi connectivity index (χ4v) is 3.43. The average molecular weight is 345 g/mol. The molecule has 0 spiro atoms. The molecule has 1 N–H and O–H groups in total. The van der Waals surface area contributed by atoms with Crippen molar-refractivity contribution in [3.63, 3.8) is 0 Å². The van der Waals surface area contributed by atoms with Crippen LogP contribution in [-0.2, 0) is 0 Å². The Morgan fingerprint density at radius 2 is 2.12 bits per heavy atom. The van der Waals surface area contributed by atoms with Crippen LogP contribution in [0, 0.1) is 0 Å². The fraction of sp³-hybridized carbons (Fsp3) is 0.444. The van der Waals surface area contributed by atoms with Crippen molar-refractivity contribution in [3.05, 3.63) is 35.3 Å². The molecule has 5 nitrogen and oxygen atoms in total. The van der Waals surface area contributed by atoms with Crippen LogP contribution in [0.25, 0.3) is 10.6 Å². The lowest BCUT2D eigenvalue weighted by molar-refractivity contribution is 0.0761. The van der Waals surface area contributed by atoms with Gasteiger partial charge in [-0.25, -0.2) is 4.98 Å². The van der Waals surface area contributed by atoms with Crippen LogP contribution in [0.15, 0.2) is 29.6 Å². The maximum absolute atomic E-state index is 12.6. The molecule has 1 aromatic heterocycles. The highest BCUT2D eigenvalue weighted by atomic mass is 32.1. The first-order valence-electron chi connectivity index (χ1n) is 8.46. The van der Waals surface area contributed by atoms with Crippen molar-refractivity contribution in [3.8, 4) is 16.3 Å². The number of hydrogen-bond donors (Lipinski definition) is 1. The number of hydrogen-bond acceptors (Lipinski definition) is 5. The van der Waals surface area contributed by atoms with Crippen LogP contribution in [0.1, 0.15) is 30.3 Å². The van der Waals surface area contributed by atoms with Gasteiger partial charge >= 0.3 is 0 Å². The second kappa shape index (κ2) is 8.26. The molecular weight excluding hydrogens is 322 g/mol. The number of thiazole rings is 1. The van der Waals surface area contributed by atoms with E-state index in [1.807, 2.05) is 34.5 Å². The molecule has 24 heavy (non-hydrogen) atoms. The minimum absolute atomic E-state index is 0.0316. The molecule has 1 aromatic carbocycles. The number of benzene rings is 1. The summed E-state index contributed by atoms with van der Waals surface area (Å²) in [4.78, 5) is 19.0. The summed E-state index contributed by atoms with van der Waals surface area (Å²) in [6.07, 6.45) is 1.98. The van der Waals surface area contributed by atoms with Gasteiger partial charge in [0.25, 0.3) is 5.91 Å². The highest BCUT2D eigenvalue weighted by molar-refractivity contribution is 7.13. The van der Waals surface area contributed by atoms with Gasteiger partial charge in [0.1, 0.15) is 16.5 Å². The molecule has 2 aromatic rings. The Balaban J connectivity index is 1.69. The topological polar surface area (TPSA) is 54.5 Å². The number of carbonyl (C=O) groups is 1. The Morgan fingerprint density at radius 1 is 1.29 bits per heavy atom. The van der Waals surface area contributed by atoms with E-state index >= 15 is 0 Å². The van der Waals surface area contributed by atoms with E-state index in [4.69, 9.17) is 4.74 Å². The molecule has 1 saturated heterocycles. The van der Waals surface area contributed by atoms with Crippen molar-refractivity contribution < 1.29 is 9.53 Å². The lowest BCUT2D eigenvalue weighted by Gasteiger charge is -2.18. The third-order valence-corrected chi connectivity index (χ3v) is 4.82. The van der Waals surface area contributed by atoms with Crippen molar-refractivity contribution in [1.82, 2.24) is 15.2 Å². The summed E-state index contributed by atoms with van der Waals surface area (Å²) < 4.78 is 5.60. The molecule has 1 amide bonds. The summed E-state index contributed by atoms with van der Waals surface area (Å²) in [6, 6.07) is 7.89. The first kappa shape index (κ1) is 16.9. The second-order valence-corrected chi connectivity index (χ2v) is 6.66. The van der Waals surface area contributed by atoms with Crippen LogP contribution < -0.4 is 10.1 Å². The lowest BCUT2D eigenvalue weighted by atomic mass is 10.2. The molecule has 0 saturated carbocycles. The number of nitrogens with zero attached hydrogens (tertiary/aromatic N) is 2. The quantitative estimate of drug-likeness (QED) is 0.905. The summed E-state index contributed by atoms with van der Waals surface area (Å²) in [5, 5.41) is 6.04. The predicted octanol–water partition coefficient (Wildman–Crippen LogP) is 3.03. The Hall–Kier alpha value is -1.92. The Morgan fingerprint density at radius 3 is 2.92 bits per heavy atom. The summed E-state index contributed by atoms with van der Waals surface area (Å²) >= 11 is 1.51. The number of ether oxygens (including phenoxy) is 1. The zero-order valence-electron chi connectivity index (χ0n) is 14.0. The highest BCUT2D eigenvalue weighted by Gasteiger charge is 2.20. The van der Waals surface area contributed by atoms with E-state index in [0.29, 0.717) is 5.69 Å². The predicted molar refractivity (Wildman–Crippen MR) is 96.7 cm³/mol. The number of amides is 1. The van der Waals surface area contributed by atoms with Gasteiger partial charge in [-0.05, 0) is 43.7 Å². The van der Waals surface area contributed by atoms with Crippen molar-refractivity contribution in [2.45, 2.75) is 19.8 Å². The molecular formula is C18H23N3O2S. The number of nitrogens with one attached hydrogen (secondary N) is 1. The molecule has 3 rings (SSSR count). The third kappa shape index (κ3) is 4.13. The molecule has 0 aliphatic carbocycles. The standard InChI is InChI=1S/C18H23N3O2S/c1-2-12-23-15-6-4-14(5-7-15)17-20-16(13-24-17)18(22)21-10-3-8-19-9-11-21/h4-7,13,19H,2-3,8-12H2,1H3. The van der Waals surface area contributed by atoms with Gasteiger partial charge in [-0.2, -0.15) is 0 Å². The van der Waals surface area contributed by atoms with Crippen molar-refractivity contribution in [1.29, 1.82) is 0 Å². The Labute approximate surface area is 146 Å². The summed E-state index contributed by atoms with van der Waals surface area (Å²) in [6.45, 7) is 6.17. The monoisotopic (exact) mass is 345 g/mol. The van der Waals surface area contributed by atoms with Crippen LogP contribution in [0.2, 0.25) is 0 Å². The summed E-state index contributed by atoms with van der Waals surface area (Å²) in [7, 11) is 0. The third-order valence-electron chi connectivity index (χ3n) is 3.92. The van der Waals surface area contributed by atoms with Gasteiger partial charge in [0.2, 0.25) is 0 Å². The van der Waals surface area contributed by atoms with Gasteiger partial charge in [0.15, 0.2) is 0 Å². The summed E-state index contributed by atoms with van der Waals surface area (Å²) in [5.74, 6) is 0.898. The Kier molecular flexibility index (Phi) is 5.82. The smallest absolute Gasteiger partial charge is 0.273 e. The zero-order valence-corrected chi connectivity index (χ0v) is 14.8. The van der Waals surface area contributed by atoms with E-state index in [-0.39, 0.29) is 5.91 Å². The zero-order chi connectivity index (χ0) is 16.8. The maximum Gasteiger partial charge on any atom is 0.273 e. The van der Waals surface area contributed by atoms with E-state index in [2.05, 4.69) is 17.2 Å². The van der Waals surface area contributed by atoms with E-state index in [0.717, 1.165) is 61.9 Å². The van der Waals surface area contributed by atoms with Crippen LogP contribution in [0.4, 0.5) is 0 Å². The molecule has 0 atom stereocenters. The lowest BCUT2D eigenvalue weighted by Crippen LogP contribution is -2.34. The largest absolute Gasteiger partial charge is 0.494 e. The first-order chi connectivity index (χ1) is 11.8. The molecule has 6 heteroatoms. The molecule has 2 heterocycles. The van der Waals surface area contributed by atoms with Crippen molar-refractivity contribution in [2.24, 2.45) is 0 Å². The molecule has 1 fully saturated rings. The number of rotatable bonds is 5. The van der Waals surface area contributed by atoms with Gasteiger partial charge in [-0.15, -0.1) is 11.3 Å². The fourth-order valence-electron chi connectivity index (χ4n) is 2.63. The minimum Gasteiger partial charge on any atom is -0.494 e. The Bertz CT molecular complexity index is 661. The van der Waals surface area contributed by atoms with Crippen molar-refractivity contribution in [2.75, 3.05) is 32.8 Å². The van der Waals surface area contributed by atoms with E-state index < -0.39 is 0 Å². The van der Waals surface area contributed by atoms with E-state index in [1.54, 1.807) is 0 Å². The highest BCUT2D eigenvalue weighted by Crippen LogP contribution is 2.26. The van der Waals surface area contributed by atoms with Gasteiger partial charge in [0, 0.05) is 30.6 Å². The van der Waals surface area contributed by atoms with Gasteiger partial charge in [0.05, 0.1) is 6.61 Å². The number of aromatic nitrogens is 1. The van der Waals surface area contributed by atoms with Crippen LogP contribution >= 0.6 is 11.3 Å². The van der Waals surface area contributed by atoms with Crippen LogP contribution in [-0.4, -0.2) is 48.6 Å². The molecule has 1 aliphatic heterocycles. The van der Waals surface area contributed by atoms with Crippen molar-refractivity contribution >= 4 is 17.2 Å². The van der Waals surface area contributed by atoms with Crippen LogP contribution in [0.3, 0.4) is 0 Å². The van der Waals surface area contributed by atoms with Gasteiger partial charge in [-0.1, -0.05) is 6.92 Å². The van der Waals surface area contributed by atoms with Gasteiger partial charge in [-0.3, -0.25) is 4.79 Å². The van der Waals surface area contributed by atoms with Crippen LogP contribution in [0.5, 0.6) is 5.75 Å². The molecule has 0 unspecified atom stereocenters. The number of carbonyl (C=O) groups excluding carboxylic acids is 1. The molecule has 0 bridgehead atoms. The minimum atomic E-state index is 0.0316. The average Bonchev–Trinajstić information content (AvgIpc) is 2.95. The first-order valence-corrected chi connectivity index (χ1v) is 9.34. The second-order valence-electron chi connectivity index (χ2n) is 5.81. The molecule has 0 radical (unpaired) electrons. The molecule has 128 valence electrons. The SMILES string of the molecule is CCCOc1ccc(-c2nc(C(=O)N3CCCNCC3)cs2)cc1. The normalized spacial score (nSPS) is 15.1. The van der Waals surface area contributed by atoms with E-state index in [9.17, 15) is 4.79 Å². The van der Waals surface area contributed by atoms with Gasteiger partial charge < -0.3 is 15.0 Å².